The van der Waals surface area contributed by atoms with Crippen LogP contribution in [0.3, 0.4) is 0 Å². The number of hydrogen-bond acceptors (Lipinski definition) is 3. The predicted molar refractivity (Wildman–Crippen MR) is 76.7 cm³/mol. The van der Waals surface area contributed by atoms with Crippen LogP contribution in [0.1, 0.15) is 24.2 Å². The summed E-state index contributed by atoms with van der Waals surface area (Å²) in [7, 11) is 0. The second kappa shape index (κ2) is 7.56. The van der Waals surface area contributed by atoms with Crippen molar-refractivity contribution in [3.63, 3.8) is 0 Å². The first-order valence-corrected chi connectivity index (χ1v) is 5.64. The number of pyridine rings is 1. The molecule has 2 heterocycles. The van der Waals surface area contributed by atoms with Crippen LogP contribution in [0.25, 0.3) is 0 Å². The summed E-state index contributed by atoms with van der Waals surface area (Å²) in [4.78, 5) is 18.1. The Morgan fingerprint density at radius 2 is 1.94 bits per heavy atom. The van der Waals surface area contributed by atoms with Crippen LogP contribution in [0.2, 0.25) is 0 Å². The fraction of sp³-hybridized carbons (Fsp3) is 0.500. The summed E-state index contributed by atoms with van der Waals surface area (Å²) in [5, 5.41) is 3.36. The number of piperazine rings is 1. The molecule has 0 saturated carbocycles. The number of nitrogens with one attached hydrogen (secondary N) is 1. The number of amides is 1. The molecular weight excluding hydrogens is 273 g/mol. The number of carbonyl (C=O) groups excluding carboxylic acids is 1. The van der Waals surface area contributed by atoms with Gasteiger partial charge < -0.3 is 10.2 Å². The second-order valence-corrected chi connectivity index (χ2v) is 4.22. The summed E-state index contributed by atoms with van der Waals surface area (Å²) in [6.45, 7) is 5.82. The van der Waals surface area contributed by atoms with Gasteiger partial charge in [0.1, 0.15) is 0 Å². The Balaban J connectivity index is 0.00000144. The highest BCUT2D eigenvalue weighted by atomic mass is 35.5. The van der Waals surface area contributed by atoms with Crippen LogP contribution >= 0.6 is 24.8 Å². The highest BCUT2D eigenvalue weighted by Gasteiger charge is 2.28. The summed E-state index contributed by atoms with van der Waals surface area (Å²) in [6, 6.07) is 4.11. The minimum absolute atomic E-state index is 0. The van der Waals surface area contributed by atoms with Crippen LogP contribution < -0.4 is 5.32 Å². The Hall–Kier alpha value is -0.840. The second-order valence-electron chi connectivity index (χ2n) is 4.22. The lowest BCUT2D eigenvalue weighted by Crippen LogP contribution is -2.57. The monoisotopic (exact) mass is 291 g/mol. The molecule has 4 nitrogen and oxygen atoms in total. The van der Waals surface area contributed by atoms with E-state index in [4.69, 9.17) is 0 Å². The van der Waals surface area contributed by atoms with E-state index >= 15 is 0 Å². The van der Waals surface area contributed by atoms with Crippen molar-refractivity contribution in [2.75, 3.05) is 13.1 Å². The topological polar surface area (TPSA) is 45.2 Å². The van der Waals surface area contributed by atoms with Crippen molar-refractivity contribution in [1.29, 1.82) is 0 Å². The molecule has 0 aliphatic carbocycles. The molecule has 0 aromatic carbocycles. The Kier molecular flexibility index (Phi) is 7.21. The maximum Gasteiger partial charge on any atom is 0.254 e. The molecular formula is C12H19Cl2N3O. The molecule has 2 rings (SSSR count). The fourth-order valence-electron chi connectivity index (χ4n) is 2.00. The van der Waals surface area contributed by atoms with Gasteiger partial charge in [-0.15, -0.1) is 24.8 Å². The van der Waals surface area contributed by atoms with Gasteiger partial charge in [-0.05, 0) is 26.0 Å². The van der Waals surface area contributed by atoms with Crippen molar-refractivity contribution in [3.8, 4) is 0 Å². The lowest BCUT2D eigenvalue weighted by molar-refractivity contribution is 0.0603. The minimum Gasteiger partial charge on any atom is -0.333 e. The summed E-state index contributed by atoms with van der Waals surface area (Å²) in [5.74, 6) is 0.100. The molecule has 1 aromatic rings. The molecule has 1 fully saturated rings. The third kappa shape index (κ3) is 3.57. The van der Waals surface area contributed by atoms with Crippen molar-refractivity contribution in [3.05, 3.63) is 30.1 Å². The van der Waals surface area contributed by atoms with Crippen LogP contribution in [0.5, 0.6) is 0 Å². The molecule has 0 radical (unpaired) electrons. The highest BCUT2D eigenvalue weighted by Crippen LogP contribution is 2.13. The zero-order valence-electron chi connectivity index (χ0n) is 10.5. The van der Waals surface area contributed by atoms with Gasteiger partial charge in [0.15, 0.2) is 0 Å². The molecule has 1 N–H and O–H groups in total. The standard InChI is InChI=1S/C12H17N3O.2ClH/c1-9-10(2)15(8-7-14-9)12(16)11-3-5-13-6-4-11;;/h3-6,9-10,14H,7-8H2,1-2H3;2*1H. The average molecular weight is 292 g/mol. The van der Waals surface area contributed by atoms with Crippen molar-refractivity contribution in [1.82, 2.24) is 15.2 Å². The molecule has 0 spiro atoms. The maximum absolute atomic E-state index is 12.2. The van der Waals surface area contributed by atoms with Gasteiger partial charge in [-0.2, -0.15) is 0 Å². The van der Waals surface area contributed by atoms with Crippen LogP contribution in [-0.4, -0.2) is 41.0 Å². The van der Waals surface area contributed by atoms with E-state index in [9.17, 15) is 4.79 Å². The number of halogens is 2. The van der Waals surface area contributed by atoms with Crippen molar-refractivity contribution in [2.24, 2.45) is 0 Å². The number of carbonyl (C=O) groups is 1. The molecule has 1 amide bonds. The average Bonchev–Trinajstić information content (AvgIpc) is 2.33. The van der Waals surface area contributed by atoms with Gasteiger partial charge >= 0.3 is 0 Å². The zero-order chi connectivity index (χ0) is 11.5. The Morgan fingerprint density at radius 3 is 2.56 bits per heavy atom. The normalized spacial score (nSPS) is 22.7. The van der Waals surface area contributed by atoms with E-state index in [0.29, 0.717) is 6.04 Å². The van der Waals surface area contributed by atoms with Crippen molar-refractivity contribution < 1.29 is 4.79 Å². The van der Waals surface area contributed by atoms with E-state index < -0.39 is 0 Å². The molecule has 1 saturated heterocycles. The molecule has 2 unspecified atom stereocenters. The maximum atomic E-state index is 12.2. The summed E-state index contributed by atoms with van der Waals surface area (Å²) >= 11 is 0. The van der Waals surface area contributed by atoms with Gasteiger partial charge in [0.05, 0.1) is 0 Å². The van der Waals surface area contributed by atoms with Crippen LogP contribution in [-0.2, 0) is 0 Å². The van der Waals surface area contributed by atoms with E-state index in [-0.39, 0.29) is 36.8 Å². The SMILES string of the molecule is CC1NCCN(C(=O)c2ccncc2)C1C.Cl.Cl. The third-order valence-electron chi connectivity index (χ3n) is 3.22. The van der Waals surface area contributed by atoms with E-state index in [1.165, 1.54) is 0 Å². The highest BCUT2D eigenvalue weighted by molar-refractivity contribution is 5.94. The number of aromatic nitrogens is 1. The van der Waals surface area contributed by atoms with E-state index in [1.54, 1.807) is 24.5 Å². The summed E-state index contributed by atoms with van der Waals surface area (Å²) in [5.41, 5.74) is 0.718. The first kappa shape index (κ1) is 17.2. The smallest absolute Gasteiger partial charge is 0.254 e. The Bertz CT molecular complexity index is 375. The molecule has 18 heavy (non-hydrogen) atoms. The van der Waals surface area contributed by atoms with Crippen LogP contribution in [0.4, 0.5) is 0 Å². The quantitative estimate of drug-likeness (QED) is 0.857. The Labute approximate surface area is 120 Å². The molecule has 6 heteroatoms. The van der Waals surface area contributed by atoms with E-state index in [1.807, 2.05) is 4.90 Å². The number of hydrogen-bond donors (Lipinski definition) is 1. The van der Waals surface area contributed by atoms with Crippen molar-refractivity contribution in [2.45, 2.75) is 25.9 Å². The van der Waals surface area contributed by atoms with Crippen molar-refractivity contribution >= 4 is 30.7 Å². The number of nitrogens with zero attached hydrogens (tertiary/aromatic N) is 2. The molecule has 1 aromatic heterocycles. The third-order valence-corrected chi connectivity index (χ3v) is 3.22. The zero-order valence-corrected chi connectivity index (χ0v) is 12.1. The van der Waals surface area contributed by atoms with Crippen LogP contribution in [0.15, 0.2) is 24.5 Å². The summed E-state index contributed by atoms with van der Waals surface area (Å²) < 4.78 is 0. The molecule has 1 aliphatic rings. The first-order chi connectivity index (χ1) is 7.70. The molecule has 102 valence electrons. The summed E-state index contributed by atoms with van der Waals surface area (Å²) in [6.07, 6.45) is 3.31. The van der Waals surface area contributed by atoms with Gasteiger partial charge in [-0.25, -0.2) is 0 Å². The Morgan fingerprint density at radius 1 is 1.33 bits per heavy atom. The predicted octanol–water partition coefficient (Wildman–Crippen LogP) is 1.75. The van der Waals surface area contributed by atoms with Crippen LogP contribution in [0, 0.1) is 0 Å². The van der Waals surface area contributed by atoms with E-state index in [0.717, 1.165) is 18.7 Å². The first-order valence-electron chi connectivity index (χ1n) is 5.64. The molecule has 2 atom stereocenters. The van der Waals surface area contributed by atoms with Gasteiger partial charge in [0.25, 0.3) is 5.91 Å². The fourth-order valence-corrected chi connectivity index (χ4v) is 2.00. The minimum atomic E-state index is 0. The van der Waals surface area contributed by atoms with Gasteiger partial charge in [-0.3, -0.25) is 9.78 Å². The molecule has 1 aliphatic heterocycles. The lowest BCUT2D eigenvalue weighted by Gasteiger charge is -2.38. The van der Waals surface area contributed by atoms with Gasteiger partial charge in [0, 0.05) is 43.1 Å². The van der Waals surface area contributed by atoms with Gasteiger partial charge in [-0.1, -0.05) is 0 Å². The largest absolute Gasteiger partial charge is 0.333 e. The number of rotatable bonds is 1. The van der Waals surface area contributed by atoms with E-state index in [2.05, 4.69) is 24.1 Å². The van der Waals surface area contributed by atoms with Gasteiger partial charge in [0.2, 0.25) is 0 Å². The lowest BCUT2D eigenvalue weighted by atomic mass is 10.1. The molecule has 0 bridgehead atoms.